The van der Waals surface area contributed by atoms with Crippen molar-refractivity contribution < 1.29 is 26.7 Å². The number of carbonyl (C=O) groups excluding carboxylic acids is 1. The van der Waals surface area contributed by atoms with Crippen molar-refractivity contribution in [2.75, 3.05) is 11.8 Å². The molecule has 1 aromatic heterocycles. The van der Waals surface area contributed by atoms with E-state index in [0.29, 0.717) is 11.6 Å². The molecule has 0 aliphatic heterocycles. The minimum atomic E-state index is -4.38. The normalized spacial score (nSPS) is 11.3. The molecule has 0 amide bonds. The summed E-state index contributed by atoms with van der Waals surface area (Å²) in [5.74, 6) is -2.75. The van der Waals surface area contributed by atoms with Crippen LogP contribution in [0.25, 0.3) is 11.1 Å². The SMILES string of the molecule is COC(=O)c1scc(-c2ccc(C)cc2)c1S(=O)(=O)Nc1ccc(F)cc1F. The van der Waals surface area contributed by atoms with Crippen molar-refractivity contribution in [2.45, 2.75) is 11.8 Å². The zero-order valence-electron chi connectivity index (χ0n) is 14.8. The fourth-order valence-electron chi connectivity index (χ4n) is 2.55. The Morgan fingerprint density at radius 2 is 1.79 bits per heavy atom. The molecule has 5 nitrogen and oxygen atoms in total. The zero-order valence-corrected chi connectivity index (χ0v) is 16.5. The van der Waals surface area contributed by atoms with E-state index in [4.69, 9.17) is 0 Å². The average molecular weight is 423 g/mol. The lowest BCUT2D eigenvalue weighted by molar-refractivity contribution is 0.0602. The molecule has 0 aliphatic carbocycles. The molecule has 0 fully saturated rings. The lowest BCUT2D eigenvalue weighted by Gasteiger charge is -2.12. The Bertz CT molecular complexity index is 1140. The monoisotopic (exact) mass is 423 g/mol. The van der Waals surface area contributed by atoms with Gasteiger partial charge in [-0.1, -0.05) is 29.8 Å². The maximum absolute atomic E-state index is 14.0. The summed E-state index contributed by atoms with van der Waals surface area (Å²) in [5.41, 5.74) is 1.39. The van der Waals surface area contributed by atoms with Crippen LogP contribution >= 0.6 is 11.3 Å². The van der Waals surface area contributed by atoms with Crippen molar-refractivity contribution >= 4 is 33.0 Å². The summed E-state index contributed by atoms with van der Waals surface area (Å²) in [6.45, 7) is 1.88. The maximum Gasteiger partial charge on any atom is 0.349 e. The van der Waals surface area contributed by atoms with Gasteiger partial charge in [-0.3, -0.25) is 4.72 Å². The number of benzene rings is 2. The second-order valence-electron chi connectivity index (χ2n) is 5.89. The smallest absolute Gasteiger partial charge is 0.349 e. The van der Waals surface area contributed by atoms with Crippen molar-refractivity contribution in [3.8, 4) is 11.1 Å². The average Bonchev–Trinajstić information content (AvgIpc) is 3.10. The second-order valence-corrected chi connectivity index (χ2v) is 8.39. The molecule has 9 heteroatoms. The van der Waals surface area contributed by atoms with Crippen LogP contribution in [0.3, 0.4) is 0 Å². The quantitative estimate of drug-likeness (QED) is 0.610. The molecule has 0 saturated heterocycles. The number of hydrogen-bond acceptors (Lipinski definition) is 5. The Hall–Kier alpha value is -2.78. The number of hydrogen-bond donors (Lipinski definition) is 1. The molecule has 3 rings (SSSR count). The van der Waals surface area contributed by atoms with Gasteiger partial charge < -0.3 is 4.74 Å². The number of ether oxygens (including phenoxy) is 1. The van der Waals surface area contributed by atoms with Crippen molar-refractivity contribution in [3.05, 3.63) is 69.9 Å². The number of halogens is 2. The topological polar surface area (TPSA) is 72.5 Å². The van der Waals surface area contributed by atoms with Crippen LogP contribution in [0, 0.1) is 18.6 Å². The van der Waals surface area contributed by atoms with Gasteiger partial charge in [0.1, 0.15) is 21.4 Å². The standard InChI is InChI=1S/C19H15F2NO4S2/c1-11-3-5-12(6-4-11)14-10-27-17(19(23)26-2)18(14)28(24,25)22-16-8-7-13(20)9-15(16)21/h3-10,22H,1-2H3. The Morgan fingerprint density at radius 1 is 1.11 bits per heavy atom. The number of aryl methyl sites for hydroxylation is 1. The molecule has 0 radical (unpaired) electrons. The molecule has 0 atom stereocenters. The predicted octanol–water partition coefficient (Wildman–Crippen LogP) is 4.59. The van der Waals surface area contributed by atoms with Gasteiger partial charge in [0.25, 0.3) is 10.0 Å². The maximum atomic E-state index is 14.0. The molecule has 0 unspecified atom stereocenters. The van der Waals surface area contributed by atoms with Crippen LogP contribution in [0.1, 0.15) is 15.2 Å². The highest BCUT2D eigenvalue weighted by Gasteiger charge is 2.30. The molecule has 1 N–H and O–H groups in total. The molecule has 0 spiro atoms. The molecular formula is C19H15F2NO4S2. The van der Waals surface area contributed by atoms with Crippen LogP contribution in [0.5, 0.6) is 0 Å². The van der Waals surface area contributed by atoms with Gasteiger partial charge in [-0.05, 0) is 24.6 Å². The second kappa shape index (κ2) is 7.69. The summed E-state index contributed by atoms with van der Waals surface area (Å²) >= 11 is 0.905. The van der Waals surface area contributed by atoms with Gasteiger partial charge in [0.15, 0.2) is 0 Å². The number of esters is 1. The summed E-state index contributed by atoms with van der Waals surface area (Å²) < 4.78 is 59.9. The van der Waals surface area contributed by atoms with Gasteiger partial charge in [-0.2, -0.15) is 0 Å². The first-order chi connectivity index (χ1) is 13.2. The van der Waals surface area contributed by atoms with Crippen molar-refractivity contribution in [1.29, 1.82) is 0 Å². The minimum absolute atomic E-state index is 0.145. The summed E-state index contributed by atoms with van der Waals surface area (Å²) in [6.07, 6.45) is 0. The summed E-state index contributed by atoms with van der Waals surface area (Å²) in [6, 6.07) is 9.50. The number of anilines is 1. The van der Waals surface area contributed by atoms with Gasteiger partial charge in [-0.25, -0.2) is 22.0 Å². The molecule has 28 heavy (non-hydrogen) atoms. The van der Waals surface area contributed by atoms with E-state index < -0.39 is 33.3 Å². The molecule has 1 heterocycles. The predicted molar refractivity (Wildman–Crippen MR) is 103 cm³/mol. The van der Waals surface area contributed by atoms with Crippen LogP contribution in [0.15, 0.2) is 52.7 Å². The molecule has 0 saturated carbocycles. The Kier molecular flexibility index (Phi) is 5.48. The highest BCUT2D eigenvalue weighted by atomic mass is 32.2. The van der Waals surface area contributed by atoms with E-state index in [2.05, 4.69) is 9.46 Å². The van der Waals surface area contributed by atoms with Crippen LogP contribution in [0.2, 0.25) is 0 Å². The van der Waals surface area contributed by atoms with E-state index in [1.54, 1.807) is 24.3 Å². The third-order valence-electron chi connectivity index (χ3n) is 3.92. The third-order valence-corrected chi connectivity index (χ3v) is 6.46. The Balaban J connectivity index is 2.15. The summed E-state index contributed by atoms with van der Waals surface area (Å²) in [7, 11) is -3.25. The lowest BCUT2D eigenvalue weighted by Crippen LogP contribution is -2.17. The molecule has 0 bridgehead atoms. The Morgan fingerprint density at radius 3 is 2.39 bits per heavy atom. The van der Waals surface area contributed by atoms with Crippen LogP contribution in [-0.4, -0.2) is 21.5 Å². The summed E-state index contributed by atoms with van der Waals surface area (Å²) in [5, 5.41) is 1.52. The highest BCUT2D eigenvalue weighted by Crippen LogP contribution is 2.37. The largest absolute Gasteiger partial charge is 0.465 e. The summed E-state index contributed by atoms with van der Waals surface area (Å²) in [4.78, 5) is 11.6. The number of rotatable bonds is 5. The van der Waals surface area contributed by atoms with Crippen LogP contribution in [-0.2, 0) is 14.8 Å². The van der Waals surface area contributed by atoms with Gasteiger partial charge >= 0.3 is 5.97 Å². The first kappa shape index (κ1) is 20.0. The van der Waals surface area contributed by atoms with Crippen molar-refractivity contribution in [3.63, 3.8) is 0 Å². The highest BCUT2D eigenvalue weighted by molar-refractivity contribution is 7.93. The zero-order chi connectivity index (χ0) is 20.5. The van der Waals surface area contributed by atoms with Crippen LogP contribution in [0.4, 0.5) is 14.5 Å². The van der Waals surface area contributed by atoms with Gasteiger partial charge in [0.05, 0.1) is 12.8 Å². The molecular weight excluding hydrogens is 408 g/mol. The van der Waals surface area contributed by atoms with E-state index in [0.717, 1.165) is 36.1 Å². The minimum Gasteiger partial charge on any atom is -0.465 e. The van der Waals surface area contributed by atoms with E-state index in [-0.39, 0.29) is 15.3 Å². The van der Waals surface area contributed by atoms with E-state index in [1.165, 1.54) is 5.38 Å². The Labute approximate surface area is 164 Å². The van der Waals surface area contributed by atoms with Crippen molar-refractivity contribution in [1.82, 2.24) is 0 Å². The van der Waals surface area contributed by atoms with Crippen LogP contribution < -0.4 is 4.72 Å². The number of sulfonamides is 1. The van der Waals surface area contributed by atoms with Crippen molar-refractivity contribution in [2.24, 2.45) is 0 Å². The van der Waals surface area contributed by atoms with E-state index >= 15 is 0 Å². The number of carbonyl (C=O) groups is 1. The fourth-order valence-corrected chi connectivity index (χ4v) is 5.33. The third kappa shape index (κ3) is 3.90. The van der Waals surface area contributed by atoms with Gasteiger partial charge in [-0.15, -0.1) is 11.3 Å². The van der Waals surface area contributed by atoms with Gasteiger partial charge in [0.2, 0.25) is 0 Å². The van der Waals surface area contributed by atoms with E-state index in [9.17, 15) is 22.0 Å². The van der Waals surface area contributed by atoms with E-state index in [1.807, 2.05) is 6.92 Å². The first-order valence-corrected chi connectivity index (χ1v) is 10.3. The molecule has 2 aromatic carbocycles. The first-order valence-electron chi connectivity index (χ1n) is 7.97. The fraction of sp³-hybridized carbons (Fsp3) is 0.105. The molecule has 146 valence electrons. The number of thiophene rings is 1. The lowest BCUT2D eigenvalue weighted by atomic mass is 10.1. The number of nitrogens with one attached hydrogen (secondary N) is 1. The van der Waals surface area contributed by atoms with Gasteiger partial charge in [0, 0.05) is 17.0 Å². The number of methoxy groups -OCH3 is 1. The molecule has 3 aromatic rings. The molecule has 0 aliphatic rings.